The molecule has 2 amide bonds. The van der Waals surface area contributed by atoms with Gasteiger partial charge in [0.15, 0.2) is 17.2 Å². The van der Waals surface area contributed by atoms with Crippen LogP contribution in [0.15, 0.2) is 10.5 Å². The van der Waals surface area contributed by atoms with Crippen LogP contribution < -0.4 is 10.6 Å². The van der Waals surface area contributed by atoms with Gasteiger partial charge in [-0.25, -0.2) is 18.9 Å². The Morgan fingerprint density at radius 3 is 2.61 bits per heavy atom. The minimum absolute atomic E-state index is 0.0459. The third-order valence-electron chi connectivity index (χ3n) is 7.67. The second kappa shape index (κ2) is 10.7. The monoisotopic (exact) mass is 629 g/mol. The lowest BCUT2D eigenvalue weighted by Gasteiger charge is -2.43. The van der Waals surface area contributed by atoms with Crippen molar-refractivity contribution in [2.24, 2.45) is 5.73 Å². The largest absolute Gasteiger partial charge is 0.444 e. The Morgan fingerprint density at radius 2 is 2.00 bits per heavy atom. The van der Waals surface area contributed by atoms with Crippen molar-refractivity contribution in [3.05, 3.63) is 21.9 Å². The standard InChI is InChI=1S/C27H33BrFN9O3/c1-27(2,3)41-26(40)37-7-6-15(9-16(37)10-19(31)39)38-24-18-8-14(11-30)20(28)21(29)22(18)32-25(23(24)33-34-38)36-12-17(13-36)35(4)5/h8,15-17H,6-7,9-10,12-13H2,1-5H3,(H2,31,39)/t15-,16-/m0/s1. The summed E-state index contributed by atoms with van der Waals surface area (Å²) in [5.41, 5.74) is 6.15. The van der Waals surface area contributed by atoms with Crippen molar-refractivity contribution in [3.63, 3.8) is 0 Å². The lowest BCUT2D eigenvalue weighted by atomic mass is 9.94. The van der Waals surface area contributed by atoms with Gasteiger partial charge >= 0.3 is 6.09 Å². The fourth-order valence-corrected chi connectivity index (χ4v) is 5.90. The summed E-state index contributed by atoms with van der Waals surface area (Å²) in [6.45, 7) is 7.04. The molecular weight excluding hydrogens is 597 g/mol. The Balaban J connectivity index is 1.60. The van der Waals surface area contributed by atoms with Gasteiger partial charge in [0.25, 0.3) is 0 Å². The van der Waals surface area contributed by atoms with Crippen molar-refractivity contribution in [3.8, 4) is 6.07 Å². The molecule has 0 unspecified atom stereocenters. The third-order valence-corrected chi connectivity index (χ3v) is 8.45. The minimum atomic E-state index is -0.700. The van der Waals surface area contributed by atoms with Crippen molar-refractivity contribution in [1.29, 1.82) is 5.26 Å². The number of fused-ring (bicyclic) bond motifs is 3. The minimum Gasteiger partial charge on any atom is -0.444 e. The van der Waals surface area contributed by atoms with E-state index in [1.807, 2.05) is 25.1 Å². The average Bonchev–Trinajstić information content (AvgIpc) is 3.29. The van der Waals surface area contributed by atoms with Crippen molar-refractivity contribution < 1.29 is 18.7 Å². The average molecular weight is 631 g/mol. The number of hydrogen-bond acceptors (Lipinski definition) is 9. The number of carbonyl (C=O) groups excluding carboxylic acids is 2. The number of nitrogens with zero attached hydrogens (tertiary/aromatic N) is 8. The number of piperidine rings is 1. The number of aromatic nitrogens is 4. The van der Waals surface area contributed by atoms with E-state index >= 15 is 4.39 Å². The number of likely N-dealkylation sites (tertiary alicyclic amines) is 1. The molecule has 3 aromatic rings. The van der Waals surface area contributed by atoms with Crippen LogP contribution >= 0.6 is 15.9 Å². The number of ether oxygens (including phenoxy) is 1. The van der Waals surface area contributed by atoms with Crippen LogP contribution in [0.25, 0.3) is 21.9 Å². The predicted molar refractivity (Wildman–Crippen MR) is 154 cm³/mol. The van der Waals surface area contributed by atoms with E-state index in [0.717, 1.165) is 0 Å². The number of likely N-dealkylation sites (N-methyl/N-ethyl adjacent to an activating group) is 1. The van der Waals surface area contributed by atoms with Crippen LogP contribution in [0.2, 0.25) is 0 Å². The maximum Gasteiger partial charge on any atom is 0.410 e. The molecule has 0 saturated carbocycles. The van der Waals surface area contributed by atoms with Crippen molar-refractivity contribution in [1.82, 2.24) is 29.8 Å². The SMILES string of the molecule is CN(C)C1CN(c2nc3c(F)c(Br)c(C#N)cc3c3c2nnn3[C@H]2CCN(C(=O)OC(C)(C)C)[C@H](CC(N)=O)C2)C1. The van der Waals surface area contributed by atoms with E-state index in [1.54, 1.807) is 36.4 Å². The molecule has 41 heavy (non-hydrogen) atoms. The molecule has 0 bridgehead atoms. The number of hydrogen-bond donors (Lipinski definition) is 1. The van der Waals surface area contributed by atoms with Crippen molar-refractivity contribution in [2.45, 2.75) is 63.8 Å². The summed E-state index contributed by atoms with van der Waals surface area (Å²) in [7, 11) is 4.02. The smallest absolute Gasteiger partial charge is 0.410 e. The zero-order valence-electron chi connectivity index (χ0n) is 23.7. The summed E-state index contributed by atoms with van der Waals surface area (Å²) < 4.78 is 23.0. The quantitative estimate of drug-likeness (QED) is 0.449. The number of carbonyl (C=O) groups is 2. The fraction of sp³-hybridized carbons (Fsp3) is 0.556. The fourth-order valence-electron chi connectivity index (χ4n) is 5.51. The van der Waals surface area contributed by atoms with E-state index in [9.17, 15) is 14.9 Å². The summed E-state index contributed by atoms with van der Waals surface area (Å²) >= 11 is 3.22. The molecule has 0 aliphatic carbocycles. The highest BCUT2D eigenvalue weighted by Gasteiger charge is 2.38. The molecule has 5 rings (SSSR count). The van der Waals surface area contributed by atoms with Crippen LogP contribution in [0.4, 0.5) is 15.0 Å². The lowest BCUT2D eigenvalue weighted by Crippen LogP contribution is -2.57. The zero-order valence-corrected chi connectivity index (χ0v) is 25.3. The van der Waals surface area contributed by atoms with Gasteiger partial charge in [0, 0.05) is 43.5 Å². The Morgan fingerprint density at radius 1 is 1.29 bits per heavy atom. The molecule has 12 nitrogen and oxygen atoms in total. The maximum absolute atomic E-state index is 15.7. The second-order valence-electron chi connectivity index (χ2n) is 11.9. The first-order valence-corrected chi connectivity index (χ1v) is 14.2. The van der Waals surface area contributed by atoms with Crippen LogP contribution in [-0.4, -0.2) is 93.2 Å². The Bertz CT molecular complexity index is 1570. The van der Waals surface area contributed by atoms with E-state index in [2.05, 4.69) is 36.1 Å². The molecule has 0 radical (unpaired) electrons. The number of primary amides is 1. The normalized spacial score (nSPS) is 20.0. The number of nitrogens with two attached hydrogens (primary N) is 1. The maximum atomic E-state index is 15.7. The number of anilines is 1. The molecule has 2 aliphatic heterocycles. The van der Waals surface area contributed by atoms with Crippen LogP contribution in [0, 0.1) is 17.1 Å². The molecule has 218 valence electrons. The van der Waals surface area contributed by atoms with Crippen molar-refractivity contribution in [2.75, 3.05) is 38.6 Å². The van der Waals surface area contributed by atoms with Crippen molar-refractivity contribution >= 4 is 55.7 Å². The van der Waals surface area contributed by atoms with Gasteiger partial charge in [-0.05, 0) is 69.7 Å². The molecule has 2 N–H and O–H groups in total. The topological polar surface area (TPSA) is 146 Å². The van der Waals surface area contributed by atoms with Gasteiger partial charge in [-0.1, -0.05) is 5.21 Å². The predicted octanol–water partition coefficient (Wildman–Crippen LogP) is 3.32. The van der Waals surface area contributed by atoms with E-state index < -0.39 is 29.5 Å². The number of nitriles is 1. The molecule has 2 saturated heterocycles. The number of pyridine rings is 1. The van der Waals surface area contributed by atoms with E-state index in [4.69, 9.17) is 10.5 Å². The van der Waals surface area contributed by atoms with Gasteiger partial charge in [-0.3, -0.25) is 4.79 Å². The Labute approximate surface area is 245 Å². The molecular formula is C27H33BrFN9O3. The first kappa shape index (κ1) is 28.9. The first-order chi connectivity index (χ1) is 19.3. The highest BCUT2D eigenvalue weighted by molar-refractivity contribution is 9.10. The van der Waals surface area contributed by atoms with Gasteiger partial charge in [-0.15, -0.1) is 5.10 Å². The van der Waals surface area contributed by atoms with Crippen LogP contribution in [0.5, 0.6) is 0 Å². The van der Waals surface area contributed by atoms with Crippen LogP contribution in [0.3, 0.4) is 0 Å². The molecule has 1 aromatic carbocycles. The lowest BCUT2D eigenvalue weighted by molar-refractivity contribution is -0.119. The number of halogens is 2. The molecule has 0 spiro atoms. The number of rotatable bonds is 5. The zero-order chi connectivity index (χ0) is 29.8. The summed E-state index contributed by atoms with van der Waals surface area (Å²) in [6.07, 6.45) is 0.288. The van der Waals surface area contributed by atoms with Gasteiger partial charge < -0.3 is 25.2 Å². The highest BCUT2D eigenvalue weighted by atomic mass is 79.9. The van der Waals surface area contributed by atoms with Crippen LogP contribution in [-0.2, 0) is 9.53 Å². The van der Waals surface area contributed by atoms with E-state index in [-0.39, 0.29) is 28.0 Å². The molecule has 2 aromatic heterocycles. The Hall–Kier alpha value is -3.57. The number of benzene rings is 1. The molecule has 2 fully saturated rings. The summed E-state index contributed by atoms with van der Waals surface area (Å²) in [5, 5.41) is 19.1. The molecule has 4 heterocycles. The van der Waals surface area contributed by atoms with Gasteiger partial charge in [-0.2, -0.15) is 5.26 Å². The van der Waals surface area contributed by atoms with Gasteiger partial charge in [0.05, 0.1) is 16.1 Å². The molecule has 2 aliphatic rings. The third kappa shape index (κ3) is 5.40. The van der Waals surface area contributed by atoms with E-state index in [0.29, 0.717) is 60.8 Å². The highest BCUT2D eigenvalue weighted by Crippen LogP contribution is 2.39. The second-order valence-corrected chi connectivity index (χ2v) is 12.7. The van der Waals surface area contributed by atoms with Gasteiger partial charge in [0.1, 0.15) is 22.7 Å². The first-order valence-electron chi connectivity index (χ1n) is 13.4. The van der Waals surface area contributed by atoms with Crippen LogP contribution in [0.1, 0.15) is 51.6 Å². The Kier molecular flexibility index (Phi) is 7.54. The summed E-state index contributed by atoms with van der Waals surface area (Å²) in [5.74, 6) is -0.651. The van der Waals surface area contributed by atoms with Gasteiger partial charge in [0.2, 0.25) is 5.91 Å². The van der Waals surface area contributed by atoms with E-state index in [1.165, 1.54) is 0 Å². The molecule has 2 atom stereocenters. The molecule has 14 heteroatoms. The summed E-state index contributed by atoms with van der Waals surface area (Å²) in [6, 6.07) is 3.14. The number of amides is 2. The summed E-state index contributed by atoms with van der Waals surface area (Å²) in [4.78, 5) is 35.4.